The van der Waals surface area contributed by atoms with Crippen LogP contribution in [-0.4, -0.2) is 60.7 Å². The molecule has 3 amide bonds. The highest BCUT2D eigenvalue weighted by molar-refractivity contribution is 7.98. The molecule has 3 aliphatic rings. The summed E-state index contributed by atoms with van der Waals surface area (Å²) < 4.78 is 5.40. The number of nitrogens with one attached hydrogen (secondary N) is 2. The summed E-state index contributed by atoms with van der Waals surface area (Å²) >= 11 is 1.58. The number of benzene rings is 1. The second kappa shape index (κ2) is 10.1. The molecule has 3 atom stereocenters. The van der Waals surface area contributed by atoms with Crippen molar-refractivity contribution in [1.82, 2.24) is 15.5 Å². The van der Waals surface area contributed by atoms with Gasteiger partial charge in [-0.05, 0) is 49.6 Å². The van der Waals surface area contributed by atoms with Gasteiger partial charge in [0, 0.05) is 17.5 Å². The predicted octanol–water partition coefficient (Wildman–Crippen LogP) is 2.98. The van der Waals surface area contributed by atoms with E-state index < -0.39 is 12.1 Å². The standard InChI is InChI=1S/C24H33N3O4S/c1-31-21-14-17(32-2)8-9-18(21)22(28)25-16-10-11-27-20(13-16)23(29)26-19(24(27)30)12-15-6-4-3-5-7-15/h8-9,14-16,19-20H,3-7,10-13H2,1-2H3,(H,25,28)(H,26,29)/t16-,19+,20+/m1/s1. The Kier molecular flexibility index (Phi) is 7.28. The van der Waals surface area contributed by atoms with E-state index in [4.69, 9.17) is 4.74 Å². The third-order valence-electron chi connectivity index (χ3n) is 7.09. The van der Waals surface area contributed by atoms with Gasteiger partial charge in [0.15, 0.2) is 0 Å². The molecule has 3 fully saturated rings. The van der Waals surface area contributed by atoms with Gasteiger partial charge >= 0.3 is 0 Å². The Bertz CT molecular complexity index is 871. The third-order valence-corrected chi connectivity index (χ3v) is 7.81. The second-order valence-electron chi connectivity index (χ2n) is 9.11. The van der Waals surface area contributed by atoms with E-state index in [1.165, 1.54) is 19.3 Å². The van der Waals surface area contributed by atoms with Crippen molar-refractivity contribution in [2.75, 3.05) is 19.9 Å². The first kappa shape index (κ1) is 23.0. The predicted molar refractivity (Wildman–Crippen MR) is 124 cm³/mol. The fourth-order valence-corrected chi connectivity index (χ4v) is 5.73. The van der Waals surface area contributed by atoms with Gasteiger partial charge in [0.25, 0.3) is 5.91 Å². The molecule has 0 radical (unpaired) electrons. The van der Waals surface area contributed by atoms with Crippen LogP contribution in [0.2, 0.25) is 0 Å². The number of hydrogen-bond donors (Lipinski definition) is 2. The Morgan fingerprint density at radius 3 is 2.72 bits per heavy atom. The summed E-state index contributed by atoms with van der Waals surface area (Å²) in [5, 5.41) is 6.03. The average molecular weight is 460 g/mol. The lowest BCUT2D eigenvalue weighted by Gasteiger charge is -2.44. The van der Waals surface area contributed by atoms with Crippen LogP contribution in [-0.2, 0) is 9.59 Å². The molecule has 0 spiro atoms. The van der Waals surface area contributed by atoms with Crippen LogP contribution in [0.4, 0.5) is 0 Å². The first-order chi connectivity index (χ1) is 15.5. The monoisotopic (exact) mass is 459 g/mol. The fourth-order valence-electron chi connectivity index (χ4n) is 5.30. The summed E-state index contributed by atoms with van der Waals surface area (Å²) in [6.45, 7) is 0.492. The smallest absolute Gasteiger partial charge is 0.255 e. The Balaban J connectivity index is 1.37. The maximum Gasteiger partial charge on any atom is 0.255 e. The van der Waals surface area contributed by atoms with Gasteiger partial charge in [-0.2, -0.15) is 0 Å². The molecule has 1 saturated carbocycles. The zero-order valence-corrected chi connectivity index (χ0v) is 19.7. The van der Waals surface area contributed by atoms with Crippen LogP contribution in [0.1, 0.15) is 61.7 Å². The first-order valence-electron chi connectivity index (χ1n) is 11.6. The molecule has 2 heterocycles. The molecular formula is C24H33N3O4S. The quantitative estimate of drug-likeness (QED) is 0.639. The summed E-state index contributed by atoms with van der Waals surface area (Å²) in [6.07, 6.45) is 9.81. The fraction of sp³-hybridized carbons (Fsp3) is 0.625. The van der Waals surface area contributed by atoms with E-state index in [0.717, 1.165) is 24.2 Å². The van der Waals surface area contributed by atoms with Crippen molar-refractivity contribution in [3.8, 4) is 5.75 Å². The first-order valence-corrected chi connectivity index (χ1v) is 12.9. The highest BCUT2D eigenvalue weighted by Crippen LogP contribution is 2.31. The molecule has 0 bridgehead atoms. The summed E-state index contributed by atoms with van der Waals surface area (Å²) in [6, 6.07) is 4.44. The molecule has 2 aliphatic heterocycles. The van der Waals surface area contributed by atoms with Crippen molar-refractivity contribution in [1.29, 1.82) is 0 Å². The van der Waals surface area contributed by atoms with Crippen LogP contribution in [0.5, 0.6) is 5.75 Å². The minimum absolute atomic E-state index is 0.0410. The van der Waals surface area contributed by atoms with Crippen LogP contribution in [0.15, 0.2) is 23.1 Å². The summed E-state index contributed by atoms with van der Waals surface area (Å²) in [4.78, 5) is 41.6. The molecule has 1 aliphatic carbocycles. The second-order valence-corrected chi connectivity index (χ2v) is 9.99. The highest BCUT2D eigenvalue weighted by Gasteiger charge is 2.44. The third kappa shape index (κ3) is 4.90. The molecular weight excluding hydrogens is 426 g/mol. The van der Waals surface area contributed by atoms with E-state index in [-0.39, 0.29) is 23.8 Å². The Labute approximate surface area is 194 Å². The van der Waals surface area contributed by atoms with Crippen LogP contribution < -0.4 is 15.4 Å². The number of hydrogen-bond acceptors (Lipinski definition) is 5. The van der Waals surface area contributed by atoms with Crippen molar-refractivity contribution in [2.45, 2.75) is 74.4 Å². The van der Waals surface area contributed by atoms with Crippen molar-refractivity contribution >= 4 is 29.5 Å². The lowest BCUT2D eigenvalue weighted by atomic mass is 9.83. The van der Waals surface area contributed by atoms with E-state index in [1.54, 1.807) is 29.8 Å². The SMILES string of the molecule is COc1cc(SC)ccc1C(=O)N[C@@H]1CCN2C(=O)[C@H](CC3CCCCC3)NC(=O)[C@@H]2C1. The number of methoxy groups -OCH3 is 1. The highest BCUT2D eigenvalue weighted by atomic mass is 32.2. The van der Waals surface area contributed by atoms with E-state index in [2.05, 4.69) is 10.6 Å². The van der Waals surface area contributed by atoms with E-state index in [0.29, 0.717) is 36.6 Å². The topological polar surface area (TPSA) is 87.7 Å². The van der Waals surface area contributed by atoms with Crippen molar-refractivity contribution in [3.63, 3.8) is 0 Å². The Hall–Kier alpha value is -2.22. The van der Waals surface area contributed by atoms with Crippen molar-refractivity contribution < 1.29 is 19.1 Å². The molecule has 8 heteroatoms. The van der Waals surface area contributed by atoms with Gasteiger partial charge in [0.2, 0.25) is 11.8 Å². The molecule has 0 aromatic heterocycles. The van der Waals surface area contributed by atoms with Gasteiger partial charge in [-0.1, -0.05) is 32.1 Å². The molecule has 7 nitrogen and oxygen atoms in total. The van der Waals surface area contributed by atoms with Crippen LogP contribution >= 0.6 is 11.8 Å². The number of fused-ring (bicyclic) bond motifs is 1. The zero-order chi connectivity index (χ0) is 22.7. The molecule has 174 valence electrons. The number of nitrogens with zero attached hydrogens (tertiary/aromatic N) is 1. The lowest BCUT2D eigenvalue weighted by molar-refractivity contribution is -0.152. The maximum absolute atomic E-state index is 13.1. The molecule has 32 heavy (non-hydrogen) atoms. The van der Waals surface area contributed by atoms with Crippen molar-refractivity contribution in [3.05, 3.63) is 23.8 Å². The van der Waals surface area contributed by atoms with Gasteiger partial charge in [0.1, 0.15) is 17.8 Å². The molecule has 0 unspecified atom stereocenters. The lowest BCUT2D eigenvalue weighted by Crippen LogP contribution is -2.67. The number of amides is 3. The molecule has 2 saturated heterocycles. The van der Waals surface area contributed by atoms with Gasteiger partial charge in [-0.25, -0.2) is 0 Å². The minimum atomic E-state index is -0.509. The van der Waals surface area contributed by atoms with E-state index >= 15 is 0 Å². The number of carbonyl (C=O) groups excluding carboxylic acids is 3. The number of thioether (sulfide) groups is 1. The number of carbonyl (C=O) groups is 3. The summed E-state index contributed by atoms with van der Waals surface area (Å²) in [5.41, 5.74) is 0.476. The Morgan fingerprint density at radius 1 is 1.22 bits per heavy atom. The minimum Gasteiger partial charge on any atom is -0.496 e. The molecule has 1 aromatic carbocycles. The normalized spacial score (nSPS) is 26.3. The summed E-state index contributed by atoms with van der Waals surface area (Å²) in [7, 11) is 1.55. The zero-order valence-electron chi connectivity index (χ0n) is 18.9. The van der Waals surface area contributed by atoms with Gasteiger partial charge in [-0.15, -0.1) is 11.8 Å². The van der Waals surface area contributed by atoms with Gasteiger partial charge < -0.3 is 20.3 Å². The van der Waals surface area contributed by atoms with Crippen LogP contribution in [0.3, 0.4) is 0 Å². The van der Waals surface area contributed by atoms with Gasteiger partial charge in [-0.3, -0.25) is 14.4 Å². The summed E-state index contributed by atoms with van der Waals surface area (Å²) in [5.74, 6) is 0.790. The molecule has 2 N–H and O–H groups in total. The average Bonchev–Trinajstić information content (AvgIpc) is 2.82. The Morgan fingerprint density at radius 2 is 2.00 bits per heavy atom. The molecule has 1 aromatic rings. The van der Waals surface area contributed by atoms with Crippen molar-refractivity contribution in [2.24, 2.45) is 5.92 Å². The maximum atomic E-state index is 13.1. The van der Waals surface area contributed by atoms with E-state index in [9.17, 15) is 14.4 Å². The van der Waals surface area contributed by atoms with Gasteiger partial charge in [0.05, 0.1) is 12.7 Å². The van der Waals surface area contributed by atoms with Crippen LogP contribution in [0.25, 0.3) is 0 Å². The van der Waals surface area contributed by atoms with Crippen LogP contribution in [0, 0.1) is 5.92 Å². The number of piperazine rings is 1. The van der Waals surface area contributed by atoms with E-state index in [1.807, 2.05) is 18.4 Å². The number of piperidine rings is 1. The largest absolute Gasteiger partial charge is 0.496 e. The number of rotatable bonds is 6. The molecule has 4 rings (SSSR count). The number of ether oxygens (including phenoxy) is 1.